The van der Waals surface area contributed by atoms with Gasteiger partial charge in [-0.05, 0) is 38.5 Å². The van der Waals surface area contributed by atoms with Gasteiger partial charge in [0, 0.05) is 6.04 Å². The van der Waals surface area contributed by atoms with Crippen molar-refractivity contribution in [2.24, 2.45) is 5.73 Å². The fourth-order valence-corrected chi connectivity index (χ4v) is 5.89. The van der Waals surface area contributed by atoms with Gasteiger partial charge in [0.2, 0.25) is 0 Å². The average molecular weight is 563 g/mol. The van der Waals surface area contributed by atoms with Crippen molar-refractivity contribution < 1.29 is 4.79 Å². The van der Waals surface area contributed by atoms with Crippen LogP contribution in [0.4, 0.5) is 4.79 Å². The molecule has 3 N–H and O–H groups in total. The molecule has 238 valence electrons. The Morgan fingerprint density at radius 1 is 0.475 bits per heavy atom. The van der Waals surface area contributed by atoms with Crippen molar-refractivity contribution in [3.8, 4) is 0 Å². The first-order chi connectivity index (χ1) is 19.7. The molecule has 0 heterocycles. The van der Waals surface area contributed by atoms with Crippen LogP contribution in [0.15, 0.2) is 12.2 Å². The van der Waals surface area contributed by atoms with E-state index in [1.807, 2.05) is 0 Å². The van der Waals surface area contributed by atoms with E-state index in [0.29, 0.717) is 0 Å². The monoisotopic (exact) mass is 563 g/mol. The molecule has 0 aliphatic carbocycles. The van der Waals surface area contributed by atoms with Crippen LogP contribution >= 0.6 is 0 Å². The van der Waals surface area contributed by atoms with E-state index >= 15 is 0 Å². The molecular weight excluding hydrogens is 488 g/mol. The predicted octanol–water partition coefficient (Wildman–Crippen LogP) is 12.7. The third-order valence-electron chi connectivity index (χ3n) is 8.57. The number of amides is 2. The number of rotatable bonds is 33. The number of hydrogen-bond acceptors (Lipinski definition) is 1. The molecule has 2 amide bonds. The van der Waals surface area contributed by atoms with E-state index < -0.39 is 0 Å². The average Bonchev–Trinajstić information content (AvgIpc) is 2.94. The lowest BCUT2D eigenvalue weighted by Crippen LogP contribution is -2.38. The van der Waals surface area contributed by atoms with Crippen molar-refractivity contribution in [1.82, 2.24) is 5.32 Å². The van der Waals surface area contributed by atoms with Gasteiger partial charge in [-0.3, -0.25) is 0 Å². The van der Waals surface area contributed by atoms with Gasteiger partial charge in [0.05, 0.1) is 0 Å². The minimum Gasteiger partial charge on any atom is -0.352 e. The van der Waals surface area contributed by atoms with Gasteiger partial charge < -0.3 is 11.1 Å². The Labute approximate surface area is 252 Å². The second kappa shape index (κ2) is 34.2. The first kappa shape index (κ1) is 39.0. The van der Waals surface area contributed by atoms with E-state index in [-0.39, 0.29) is 12.1 Å². The normalized spacial score (nSPS) is 12.3. The number of hydrogen-bond donors (Lipinski definition) is 2. The van der Waals surface area contributed by atoms with Crippen molar-refractivity contribution >= 4 is 6.03 Å². The molecule has 0 aromatic heterocycles. The molecule has 40 heavy (non-hydrogen) atoms. The van der Waals surface area contributed by atoms with Crippen LogP contribution in [0.3, 0.4) is 0 Å². The SMILES string of the molecule is CCCCCCCCC=CCCCCCCCCC(CCCCCCCCCCCCCCCCC)NC(N)=O. The number of nitrogens with two attached hydrogens (primary N) is 1. The number of allylic oxidation sites excluding steroid dienone is 2. The van der Waals surface area contributed by atoms with Gasteiger partial charge in [-0.2, -0.15) is 0 Å². The highest BCUT2D eigenvalue weighted by atomic mass is 16.2. The summed E-state index contributed by atoms with van der Waals surface area (Å²) in [7, 11) is 0. The van der Waals surface area contributed by atoms with E-state index in [9.17, 15) is 4.79 Å². The molecule has 0 aromatic rings. The fourth-order valence-electron chi connectivity index (χ4n) is 5.89. The quantitative estimate of drug-likeness (QED) is 0.0606. The van der Waals surface area contributed by atoms with Crippen LogP contribution in [-0.4, -0.2) is 12.1 Å². The largest absolute Gasteiger partial charge is 0.352 e. The van der Waals surface area contributed by atoms with Crippen molar-refractivity contribution in [2.45, 2.75) is 219 Å². The highest BCUT2D eigenvalue weighted by Crippen LogP contribution is 2.16. The number of nitrogens with one attached hydrogen (secondary N) is 1. The van der Waals surface area contributed by atoms with Crippen molar-refractivity contribution in [2.75, 3.05) is 0 Å². The van der Waals surface area contributed by atoms with Crippen LogP contribution in [-0.2, 0) is 0 Å². The highest BCUT2D eigenvalue weighted by Gasteiger charge is 2.10. The summed E-state index contributed by atoms with van der Waals surface area (Å²) in [5, 5.41) is 3.01. The van der Waals surface area contributed by atoms with Gasteiger partial charge in [-0.1, -0.05) is 187 Å². The molecule has 0 spiro atoms. The van der Waals surface area contributed by atoms with Gasteiger partial charge in [0.25, 0.3) is 0 Å². The zero-order chi connectivity index (χ0) is 29.2. The first-order valence-corrected chi connectivity index (χ1v) is 18.4. The minimum absolute atomic E-state index is 0.274. The number of carbonyl (C=O) groups is 1. The molecule has 1 atom stereocenters. The van der Waals surface area contributed by atoms with E-state index in [4.69, 9.17) is 5.73 Å². The molecule has 0 fully saturated rings. The molecule has 0 saturated carbocycles. The molecule has 0 bridgehead atoms. The number of primary amides is 1. The van der Waals surface area contributed by atoms with Gasteiger partial charge >= 0.3 is 6.03 Å². The topological polar surface area (TPSA) is 55.1 Å². The Kier molecular flexibility index (Phi) is 33.4. The Balaban J connectivity index is 3.52. The zero-order valence-corrected chi connectivity index (χ0v) is 27.6. The maximum absolute atomic E-state index is 11.4. The third-order valence-corrected chi connectivity index (χ3v) is 8.57. The Bertz CT molecular complexity index is 518. The third kappa shape index (κ3) is 33.2. The summed E-state index contributed by atoms with van der Waals surface area (Å²) in [4.78, 5) is 11.4. The first-order valence-electron chi connectivity index (χ1n) is 18.4. The molecule has 0 rings (SSSR count). The lowest BCUT2D eigenvalue weighted by Gasteiger charge is -2.17. The standard InChI is InChI=1S/C37H74N2O/c1-3-5-7-9-11-13-15-17-19-21-23-25-27-29-31-33-35-36(39-37(38)40)34-32-30-28-26-24-22-20-18-16-14-12-10-8-6-4-2/h17,19,36H,3-16,18,20-35H2,1-2H3,(H3,38,39,40). The molecule has 0 saturated heterocycles. The van der Waals surface area contributed by atoms with Crippen molar-refractivity contribution in [1.29, 1.82) is 0 Å². The molecule has 0 radical (unpaired) electrons. The van der Waals surface area contributed by atoms with E-state index in [1.165, 1.54) is 186 Å². The summed E-state index contributed by atoms with van der Waals surface area (Å²) < 4.78 is 0. The van der Waals surface area contributed by atoms with Crippen LogP contribution in [0.1, 0.15) is 213 Å². The van der Waals surface area contributed by atoms with Gasteiger partial charge in [0.15, 0.2) is 0 Å². The lowest BCUT2D eigenvalue weighted by atomic mass is 9.99. The molecule has 1 unspecified atom stereocenters. The number of urea groups is 1. The van der Waals surface area contributed by atoms with Gasteiger partial charge in [-0.15, -0.1) is 0 Å². The highest BCUT2D eigenvalue weighted by molar-refractivity contribution is 5.71. The summed E-state index contributed by atoms with van der Waals surface area (Å²) in [6, 6.07) is -0.0771. The predicted molar refractivity (Wildman–Crippen MR) is 180 cm³/mol. The molecule has 0 aliphatic heterocycles. The van der Waals surface area contributed by atoms with E-state index in [0.717, 1.165) is 12.8 Å². The Morgan fingerprint density at radius 2 is 0.750 bits per heavy atom. The summed E-state index contributed by atoms with van der Waals surface area (Å²) in [6.45, 7) is 4.57. The molecule has 0 aromatic carbocycles. The molecule has 0 aliphatic rings. The fraction of sp³-hybridized carbons (Fsp3) is 0.919. The maximum Gasteiger partial charge on any atom is 0.312 e. The number of unbranched alkanes of at least 4 members (excludes halogenated alkanes) is 26. The van der Waals surface area contributed by atoms with Gasteiger partial charge in [-0.25, -0.2) is 4.79 Å². The lowest BCUT2D eigenvalue weighted by molar-refractivity contribution is 0.243. The summed E-state index contributed by atoms with van der Waals surface area (Å²) in [5.41, 5.74) is 5.45. The van der Waals surface area contributed by atoms with Crippen molar-refractivity contribution in [3.63, 3.8) is 0 Å². The Hall–Kier alpha value is -0.990. The van der Waals surface area contributed by atoms with Crippen LogP contribution in [0.5, 0.6) is 0 Å². The second-order valence-electron chi connectivity index (χ2n) is 12.7. The second-order valence-corrected chi connectivity index (χ2v) is 12.7. The number of carbonyl (C=O) groups excluding carboxylic acids is 1. The molecular formula is C37H74N2O. The zero-order valence-electron chi connectivity index (χ0n) is 27.6. The molecule has 3 heteroatoms. The summed E-state index contributed by atoms with van der Waals surface area (Å²) in [6.07, 6.45) is 46.6. The van der Waals surface area contributed by atoms with Crippen LogP contribution in [0, 0.1) is 0 Å². The maximum atomic E-state index is 11.4. The van der Waals surface area contributed by atoms with Crippen LogP contribution < -0.4 is 11.1 Å². The van der Waals surface area contributed by atoms with E-state index in [1.54, 1.807) is 0 Å². The van der Waals surface area contributed by atoms with Crippen molar-refractivity contribution in [3.05, 3.63) is 12.2 Å². The van der Waals surface area contributed by atoms with Gasteiger partial charge in [0.1, 0.15) is 0 Å². The molecule has 3 nitrogen and oxygen atoms in total. The minimum atomic E-state index is -0.351. The summed E-state index contributed by atoms with van der Waals surface area (Å²) >= 11 is 0. The Morgan fingerprint density at radius 3 is 1.05 bits per heavy atom. The van der Waals surface area contributed by atoms with Crippen LogP contribution in [0.25, 0.3) is 0 Å². The van der Waals surface area contributed by atoms with Crippen LogP contribution in [0.2, 0.25) is 0 Å². The smallest absolute Gasteiger partial charge is 0.312 e. The summed E-state index contributed by atoms with van der Waals surface area (Å²) in [5.74, 6) is 0. The van der Waals surface area contributed by atoms with E-state index in [2.05, 4.69) is 31.3 Å².